The van der Waals surface area contributed by atoms with Crippen LogP contribution < -0.4 is 10.2 Å². The Hall–Kier alpha value is -3.47. The van der Waals surface area contributed by atoms with Gasteiger partial charge >= 0.3 is 0 Å². The number of hydrogen-bond donors (Lipinski definition) is 1. The number of amides is 2. The van der Waals surface area contributed by atoms with Gasteiger partial charge in [-0.25, -0.2) is 4.98 Å². The van der Waals surface area contributed by atoms with E-state index in [1.165, 1.54) is 0 Å². The molecule has 0 bridgehead atoms. The maximum Gasteiger partial charge on any atom is 0.276 e. The number of hydrogen-bond acceptors (Lipinski definition) is 3. The van der Waals surface area contributed by atoms with E-state index in [4.69, 9.17) is 0 Å². The number of pyridine rings is 1. The fourth-order valence-electron chi connectivity index (χ4n) is 3.27. The van der Waals surface area contributed by atoms with Gasteiger partial charge in [0, 0.05) is 17.9 Å². The molecule has 2 amide bonds. The maximum atomic E-state index is 12.9. The van der Waals surface area contributed by atoms with Crippen molar-refractivity contribution >= 4 is 23.2 Å². The van der Waals surface area contributed by atoms with Crippen molar-refractivity contribution in [3.05, 3.63) is 89.2 Å². The van der Waals surface area contributed by atoms with E-state index in [9.17, 15) is 9.59 Å². The Morgan fingerprint density at radius 3 is 2.52 bits per heavy atom. The second-order valence-electron chi connectivity index (χ2n) is 6.51. The molecule has 1 N–H and O–H groups in total. The fourth-order valence-corrected chi connectivity index (χ4v) is 3.27. The van der Waals surface area contributed by atoms with Gasteiger partial charge in [0.1, 0.15) is 11.4 Å². The molecule has 2 aromatic carbocycles. The summed E-state index contributed by atoms with van der Waals surface area (Å²) in [4.78, 5) is 31.5. The summed E-state index contributed by atoms with van der Waals surface area (Å²) in [7, 11) is 0. The minimum atomic E-state index is -0.333. The van der Waals surface area contributed by atoms with Gasteiger partial charge < -0.3 is 10.2 Å². The van der Waals surface area contributed by atoms with Gasteiger partial charge in [-0.2, -0.15) is 0 Å². The Morgan fingerprint density at radius 2 is 1.67 bits per heavy atom. The Balaban J connectivity index is 1.57. The van der Waals surface area contributed by atoms with Gasteiger partial charge in [-0.3, -0.25) is 9.59 Å². The van der Waals surface area contributed by atoms with Crippen LogP contribution in [0.5, 0.6) is 0 Å². The van der Waals surface area contributed by atoms with Crippen LogP contribution >= 0.6 is 0 Å². The first-order valence-corrected chi connectivity index (χ1v) is 8.87. The largest absolute Gasteiger partial charge is 0.320 e. The summed E-state index contributed by atoms with van der Waals surface area (Å²) < 4.78 is 0. The van der Waals surface area contributed by atoms with E-state index in [0.29, 0.717) is 6.54 Å². The smallest absolute Gasteiger partial charge is 0.276 e. The number of nitrogens with zero attached hydrogens (tertiary/aromatic N) is 2. The van der Waals surface area contributed by atoms with Crippen molar-refractivity contribution < 1.29 is 9.59 Å². The standard InChI is InChI=1S/C22H19N3O2/c1-15-7-2-4-9-17(15)24-21(26)18-10-6-11-19(23-18)22(27)25-14-13-16-8-3-5-12-20(16)25/h2-12H,13-14H2,1H3,(H,24,26). The molecular weight excluding hydrogens is 338 g/mol. The van der Waals surface area contributed by atoms with Crippen LogP contribution in [0.3, 0.4) is 0 Å². The summed E-state index contributed by atoms with van der Waals surface area (Å²) in [5.41, 5.74) is 4.25. The van der Waals surface area contributed by atoms with Crippen LogP contribution in [0, 0.1) is 6.92 Å². The molecule has 0 fully saturated rings. The third-order valence-corrected chi connectivity index (χ3v) is 4.73. The lowest BCUT2D eigenvalue weighted by atomic mass is 10.2. The van der Waals surface area contributed by atoms with Gasteiger partial charge in [0.2, 0.25) is 0 Å². The van der Waals surface area contributed by atoms with Crippen LogP contribution in [-0.2, 0) is 6.42 Å². The minimum absolute atomic E-state index is 0.189. The molecule has 2 heterocycles. The fraction of sp³-hybridized carbons (Fsp3) is 0.136. The van der Waals surface area contributed by atoms with Crippen molar-refractivity contribution in [3.8, 4) is 0 Å². The van der Waals surface area contributed by atoms with Crippen molar-refractivity contribution in [1.82, 2.24) is 4.98 Å². The number of benzene rings is 2. The number of fused-ring (bicyclic) bond motifs is 1. The molecule has 27 heavy (non-hydrogen) atoms. The highest BCUT2D eigenvalue weighted by Gasteiger charge is 2.26. The zero-order chi connectivity index (χ0) is 18.8. The van der Waals surface area contributed by atoms with E-state index in [2.05, 4.69) is 10.3 Å². The SMILES string of the molecule is Cc1ccccc1NC(=O)c1cccc(C(=O)N2CCc3ccccc32)n1. The Kier molecular flexibility index (Phi) is 4.42. The summed E-state index contributed by atoms with van der Waals surface area (Å²) >= 11 is 0. The highest BCUT2D eigenvalue weighted by atomic mass is 16.2. The molecule has 0 atom stereocenters. The van der Waals surface area contributed by atoms with Gasteiger partial charge in [0.25, 0.3) is 11.8 Å². The average molecular weight is 357 g/mol. The van der Waals surface area contributed by atoms with Gasteiger partial charge in [0.15, 0.2) is 0 Å². The zero-order valence-electron chi connectivity index (χ0n) is 15.0. The number of nitrogens with one attached hydrogen (secondary N) is 1. The van der Waals surface area contributed by atoms with E-state index in [1.807, 2.05) is 55.5 Å². The molecule has 1 aliphatic heterocycles. The van der Waals surface area contributed by atoms with Gasteiger partial charge in [0.05, 0.1) is 0 Å². The van der Waals surface area contributed by atoms with Crippen LogP contribution in [0.4, 0.5) is 11.4 Å². The first kappa shape index (κ1) is 17.0. The number of rotatable bonds is 3. The van der Waals surface area contributed by atoms with E-state index in [0.717, 1.165) is 28.9 Å². The first-order valence-electron chi connectivity index (χ1n) is 8.87. The molecule has 4 rings (SSSR count). The molecule has 5 heteroatoms. The maximum absolute atomic E-state index is 12.9. The normalized spacial score (nSPS) is 12.6. The predicted molar refractivity (Wildman–Crippen MR) is 105 cm³/mol. The molecule has 0 unspecified atom stereocenters. The molecule has 3 aromatic rings. The lowest BCUT2D eigenvalue weighted by molar-refractivity contribution is 0.0984. The monoisotopic (exact) mass is 357 g/mol. The Bertz CT molecular complexity index is 1030. The second kappa shape index (κ2) is 7.03. The van der Waals surface area contributed by atoms with Crippen molar-refractivity contribution in [1.29, 1.82) is 0 Å². The molecule has 0 saturated carbocycles. The number of aryl methyl sites for hydroxylation is 1. The molecule has 0 aliphatic carbocycles. The van der Waals surface area contributed by atoms with Crippen LogP contribution in [0.2, 0.25) is 0 Å². The van der Waals surface area contributed by atoms with Crippen molar-refractivity contribution in [3.63, 3.8) is 0 Å². The number of anilines is 2. The van der Waals surface area contributed by atoms with Crippen molar-refractivity contribution in [2.75, 3.05) is 16.8 Å². The molecule has 0 radical (unpaired) electrons. The Morgan fingerprint density at radius 1 is 0.926 bits per heavy atom. The summed E-state index contributed by atoms with van der Waals surface area (Å²) in [6.07, 6.45) is 0.829. The summed E-state index contributed by atoms with van der Waals surface area (Å²) in [5.74, 6) is -0.522. The van der Waals surface area contributed by atoms with Crippen molar-refractivity contribution in [2.45, 2.75) is 13.3 Å². The second-order valence-corrected chi connectivity index (χ2v) is 6.51. The van der Waals surface area contributed by atoms with E-state index in [1.54, 1.807) is 23.1 Å². The first-order chi connectivity index (χ1) is 13.1. The molecule has 0 saturated heterocycles. The average Bonchev–Trinajstić information content (AvgIpc) is 3.13. The summed E-state index contributed by atoms with van der Waals surface area (Å²) in [6, 6.07) is 20.3. The summed E-state index contributed by atoms with van der Waals surface area (Å²) in [5, 5.41) is 2.85. The summed E-state index contributed by atoms with van der Waals surface area (Å²) in [6.45, 7) is 2.55. The number of carbonyl (C=O) groups excluding carboxylic acids is 2. The topological polar surface area (TPSA) is 62.3 Å². The lowest BCUT2D eigenvalue weighted by Crippen LogP contribution is -2.30. The third-order valence-electron chi connectivity index (χ3n) is 4.73. The lowest BCUT2D eigenvalue weighted by Gasteiger charge is -2.17. The van der Waals surface area contributed by atoms with Crippen LogP contribution in [-0.4, -0.2) is 23.3 Å². The third kappa shape index (κ3) is 3.31. The van der Waals surface area contributed by atoms with Crippen LogP contribution in [0.1, 0.15) is 32.1 Å². The van der Waals surface area contributed by atoms with Crippen LogP contribution in [0.15, 0.2) is 66.7 Å². The quantitative estimate of drug-likeness (QED) is 0.774. The van der Waals surface area contributed by atoms with Gasteiger partial charge in [-0.15, -0.1) is 0 Å². The predicted octanol–water partition coefficient (Wildman–Crippen LogP) is 3.85. The molecule has 1 aliphatic rings. The number of para-hydroxylation sites is 2. The van der Waals surface area contributed by atoms with E-state index >= 15 is 0 Å². The zero-order valence-corrected chi connectivity index (χ0v) is 15.0. The van der Waals surface area contributed by atoms with Gasteiger partial charge in [-0.05, 0) is 48.7 Å². The van der Waals surface area contributed by atoms with Gasteiger partial charge in [-0.1, -0.05) is 42.5 Å². The number of aromatic nitrogens is 1. The van der Waals surface area contributed by atoms with E-state index < -0.39 is 0 Å². The molecule has 134 valence electrons. The van der Waals surface area contributed by atoms with E-state index in [-0.39, 0.29) is 23.2 Å². The Labute approximate surface area is 157 Å². The van der Waals surface area contributed by atoms with Crippen molar-refractivity contribution in [2.24, 2.45) is 0 Å². The van der Waals surface area contributed by atoms with Crippen LogP contribution in [0.25, 0.3) is 0 Å². The molecule has 0 spiro atoms. The molecular formula is C22H19N3O2. The highest BCUT2D eigenvalue weighted by molar-refractivity contribution is 6.08. The molecule has 5 nitrogen and oxygen atoms in total. The highest BCUT2D eigenvalue weighted by Crippen LogP contribution is 2.28. The number of carbonyl (C=O) groups is 2. The molecule has 1 aromatic heterocycles. The minimum Gasteiger partial charge on any atom is -0.320 e.